The highest BCUT2D eigenvalue weighted by atomic mass is 16.2. The van der Waals surface area contributed by atoms with Gasteiger partial charge in [0.25, 0.3) is 0 Å². The number of rotatable bonds is 1. The summed E-state index contributed by atoms with van der Waals surface area (Å²) in [5, 5.41) is 0. The van der Waals surface area contributed by atoms with Gasteiger partial charge in [-0.15, -0.1) is 0 Å². The number of carbonyl (C=O) groups excluding carboxylic acids is 3. The highest BCUT2D eigenvalue weighted by molar-refractivity contribution is 6.07. The topological polar surface area (TPSA) is 70.6 Å². The Morgan fingerprint density at radius 2 is 1.95 bits per heavy atom. The monoisotopic (exact) mass is 285 g/mol. The van der Waals surface area contributed by atoms with Gasteiger partial charge in [0.05, 0.1) is 17.9 Å². The maximum atomic E-state index is 12.5. The molecule has 3 aliphatic rings. The fourth-order valence-electron chi connectivity index (χ4n) is 4.13. The predicted molar refractivity (Wildman–Crippen MR) is 71.6 cm³/mol. The van der Waals surface area contributed by atoms with Crippen molar-refractivity contribution in [2.75, 3.05) is 7.05 Å². The zero-order valence-electron chi connectivity index (χ0n) is 11.6. The smallest absolute Gasteiger partial charge is 0.235 e. The van der Waals surface area contributed by atoms with Gasteiger partial charge in [-0.3, -0.25) is 24.3 Å². The Labute approximate surface area is 121 Å². The van der Waals surface area contributed by atoms with Crippen LogP contribution in [0.1, 0.15) is 24.4 Å². The standard InChI is InChI=1S/C15H15N3O3/c1-17-14(20)11-9-4-5-10(19)18(9)13(12(11)15(17)21)8-3-2-6-16-7-8/h2-3,6-7,9,11-13H,4-5H2,1H3/t9-,11-,12-,13+/m0/s1. The van der Waals surface area contributed by atoms with Crippen molar-refractivity contribution in [1.29, 1.82) is 0 Å². The van der Waals surface area contributed by atoms with Crippen molar-refractivity contribution in [2.24, 2.45) is 11.8 Å². The number of aromatic nitrogens is 1. The molecule has 4 atom stereocenters. The van der Waals surface area contributed by atoms with Crippen molar-refractivity contribution in [3.8, 4) is 0 Å². The third kappa shape index (κ3) is 1.47. The average Bonchev–Trinajstić information content (AvgIpc) is 3.09. The first-order chi connectivity index (χ1) is 10.1. The van der Waals surface area contributed by atoms with E-state index in [4.69, 9.17) is 0 Å². The van der Waals surface area contributed by atoms with Crippen molar-refractivity contribution in [2.45, 2.75) is 24.9 Å². The number of likely N-dealkylation sites (tertiary alicyclic amines) is 1. The van der Waals surface area contributed by atoms with Gasteiger partial charge in [0, 0.05) is 31.9 Å². The first kappa shape index (κ1) is 12.5. The normalized spacial score (nSPS) is 34.6. The van der Waals surface area contributed by atoms with E-state index in [1.54, 1.807) is 23.4 Å². The average molecular weight is 285 g/mol. The first-order valence-electron chi connectivity index (χ1n) is 7.14. The summed E-state index contributed by atoms with van der Waals surface area (Å²) in [6.45, 7) is 0. The van der Waals surface area contributed by atoms with E-state index < -0.39 is 5.92 Å². The minimum Gasteiger partial charge on any atom is -0.331 e. The van der Waals surface area contributed by atoms with E-state index in [-0.39, 0.29) is 35.7 Å². The molecule has 6 heteroatoms. The molecule has 3 aliphatic heterocycles. The van der Waals surface area contributed by atoms with Crippen LogP contribution in [0.4, 0.5) is 0 Å². The Bertz CT molecular complexity index is 645. The largest absolute Gasteiger partial charge is 0.331 e. The molecule has 3 amide bonds. The van der Waals surface area contributed by atoms with Crippen LogP contribution in [0.5, 0.6) is 0 Å². The summed E-state index contributed by atoms with van der Waals surface area (Å²) >= 11 is 0. The molecule has 0 spiro atoms. The molecular weight excluding hydrogens is 270 g/mol. The molecule has 6 nitrogen and oxygen atoms in total. The van der Waals surface area contributed by atoms with Crippen LogP contribution in [0.25, 0.3) is 0 Å². The predicted octanol–water partition coefficient (Wildman–Crippen LogP) is 0.358. The minimum atomic E-state index is -0.457. The molecule has 3 fully saturated rings. The van der Waals surface area contributed by atoms with Crippen LogP contribution in [0, 0.1) is 11.8 Å². The molecule has 1 aromatic rings. The molecule has 0 aromatic carbocycles. The molecule has 3 saturated heterocycles. The lowest BCUT2D eigenvalue weighted by molar-refractivity contribution is -0.140. The summed E-state index contributed by atoms with van der Waals surface area (Å²) in [4.78, 5) is 44.2. The number of fused-ring (bicyclic) bond motifs is 3. The molecule has 0 aliphatic carbocycles. The van der Waals surface area contributed by atoms with Crippen molar-refractivity contribution < 1.29 is 14.4 Å². The van der Waals surface area contributed by atoms with Gasteiger partial charge in [0.1, 0.15) is 0 Å². The fourth-order valence-corrected chi connectivity index (χ4v) is 4.13. The number of carbonyl (C=O) groups is 3. The van der Waals surface area contributed by atoms with Crippen LogP contribution >= 0.6 is 0 Å². The van der Waals surface area contributed by atoms with Crippen molar-refractivity contribution in [3.63, 3.8) is 0 Å². The van der Waals surface area contributed by atoms with E-state index in [9.17, 15) is 14.4 Å². The number of nitrogens with zero attached hydrogens (tertiary/aromatic N) is 3. The summed E-state index contributed by atoms with van der Waals surface area (Å²) in [6.07, 6.45) is 4.46. The Morgan fingerprint density at radius 1 is 1.19 bits per heavy atom. The Hall–Kier alpha value is -2.24. The Kier molecular flexibility index (Phi) is 2.46. The molecule has 4 rings (SSSR count). The molecule has 0 bridgehead atoms. The molecule has 0 unspecified atom stereocenters. The zero-order chi connectivity index (χ0) is 14.7. The second-order valence-corrected chi connectivity index (χ2v) is 5.93. The number of imide groups is 1. The Balaban J connectivity index is 1.85. The summed E-state index contributed by atoms with van der Waals surface area (Å²) in [7, 11) is 1.53. The van der Waals surface area contributed by atoms with Gasteiger partial charge in [-0.25, -0.2) is 0 Å². The van der Waals surface area contributed by atoms with E-state index in [2.05, 4.69) is 4.98 Å². The van der Waals surface area contributed by atoms with Crippen LogP contribution in [0.15, 0.2) is 24.5 Å². The lowest BCUT2D eigenvalue weighted by Crippen LogP contribution is -2.39. The van der Waals surface area contributed by atoms with Crippen molar-refractivity contribution in [3.05, 3.63) is 30.1 Å². The van der Waals surface area contributed by atoms with E-state index in [0.29, 0.717) is 12.8 Å². The van der Waals surface area contributed by atoms with Gasteiger partial charge in [0.15, 0.2) is 0 Å². The van der Waals surface area contributed by atoms with Crippen LogP contribution < -0.4 is 0 Å². The van der Waals surface area contributed by atoms with Gasteiger partial charge in [0.2, 0.25) is 17.7 Å². The second-order valence-electron chi connectivity index (χ2n) is 5.93. The van der Waals surface area contributed by atoms with Crippen LogP contribution in [-0.4, -0.2) is 45.6 Å². The van der Waals surface area contributed by atoms with Crippen LogP contribution in [0.3, 0.4) is 0 Å². The summed E-state index contributed by atoms with van der Waals surface area (Å²) < 4.78 is 0. The highest BCUT2D eigenvalue weighted by Crippen LogP contribution is 2.52. The van der Waals surface area contributed by atoms with Crippen molar-refractivity contribution in [1.82, 2.24) is 14.8 Å². The van der Waals surface area contributed by atoms with E-state index in [0.717, 1.165) is 5.56 Å². The van der Waals surface area contributed by atoms with Gasteiger partial charge in [-0.2, -0.15) is 0 Å². The van der Waals surface area contributed by atoms with E-state index in [1.165, 1.54) is 11.9 Å². The molecule has 21 heavy (non-hydrogen) atoms. The van der Waals surface area contributed by atoms with E-state index >= 15 is 0 Å². The van der Waals surface area contributed by atoms with Crippen LogP contribution in [-0.2, 0) is 14.4 Å². The highest BCUT2D eigenvalue weighted by Gasteiger charge is 2.64. The number of amides is 3. The third-order valence-electron chi connectivity index (χ3n) is 5.00. The van der Waals surface area contributed by atoms with E-state index in [1.807, 2.05) is 6.07 Å². The van der Waals surface area contributed by atoms with Gasteiger partial charge in [-0.1, -0.05) is 6.07 Å². The summed E-state index contributed by atoms with van der Waals surface area (Å²) in [6, 6.07) is 3.17. The number of hydrogen-bond donors (Lipinski definition) is 0. The first-order valence-corrected chi connectivity index (χ1v) is 7.14. The molecule has 0 radical (unpaired) electrons. The number of pyridine rings is 1. The van der Waals surface area contributed by atoms with Gasteiger partial charge in [-0.05, 0) is 18.1 Å². The van der Waals surface area contributed by atoms with Crippen LogP contribution in [0.2, 0.25) is 0 Å². The molecule has 1 aromatic heterocycles. The maximum Gasteiger partial charge on any atom is 0.235 e. The summed E-state index contributed by atoms with van der Waals surface area (Å²) in [5.74, 6) is -1.14. The lowest BCUT2D eigenvalue weighted by atomic mass is 9.85. The molecular formula is C15H15N3O3. The Morgan fingerprint density at radius 3 is 2.67 bits per heavy atom. The second kappa shape index (κ2) is 4.13. The quantitative estimate of drug-likeness (QED) is 0.698. The maximum absolute atomic E-state index is 12.5. The van der Waals surface area contributed by atoms with Gasteiger partial charge >= 0.3 is 0 Å². The van der Waals surface area contributed by atoms with Crippen molar-refractivity contribution >= 4 is 17.7 Å². The minimum absolute atomic E-state index is 0.0338. The van der Waals surface area contributed by atoms with Gasteiger partial charge < -0.3 is 4.90 Å². The lowest BCUT2D eigenvalue weighted by Gasteiger charge is -2.28. The molecule has 0 saturated carbocycles. The third-order valence-corrected chi connectivity index (χ3v) is 5.00. The summed E-state index contributed by atoms with van der Waals surface area (Å²) in [5.41, 5.74) is 0.835. The molecule has 0 N–H and O–H groups in total. The number of hydrogen-bond acceptors (Lipinski definition) is 4. The molecule has 4 heterocycles. The zero-order valence-corrected chi connectivity index (χ0v) is 11.6. The SMILES string of the molecule is CN1C(=O)[C@@H]2[C@H](C1=O)[C@@H](c1cccnc1)N1C(=O)CC[C@@H]21. The molecule has 108 valence electrons. The fraction of sp³-hybridized carbons (Fsp3) is 0.467.